The van der Waals surface area contributed by atoms with Gasteiger partial charge in [-0.1, -0.05) is 26.7 Å². The van der Waals surface area contributed by atoms with Crippen LogP contribution in [0.1, 0.15) is 52.4 Å². The lowest BCUT2D eigenvalue weighted by molar-refractivity contribution is -0.00554. The van der Waals surface area contributed by atoms with E-state index in [2.05, 4.69) is 18.7 Å². The van der Waals surface area contributed by atoms with E-state index in [4.69, 9.17) is 10.5 Å². The number of ether oxygens (including phenoxy) is 1. The molecule has 0 aromatic rings. The highest BCUT2D eigenvalue weighted by molar-refractivity contribution is 4.78. The first-order valence-electron chi connectivity index (χ1n) is 8.16. The molecule has 1 rings (SSSR count). The van der Waals surface area contributed by atoms with Gasteiger partial charge in [0, 0.05) is 13.7 Å². The molecule has 3 nitrogen and oxygen atoms in total. The van der Waals surface area contributed by atoms with E-state index in [1.807, 2.05) is 7.11 Å². The zero-order valence-corrected chi connectivity index (χ0v) is 13.2. The summed E-state index contributed by atoms with van der Waals surface area (Å²) in [5, 5.41) is 0. The Labute approximate surface area is 119 Å². The van der Waals surface area contributed by atoms with Gasteiger partial charge in [0.1, 0.15) is 0 Å². The van der Waals surface area contributed by atoms with Crippen LogP contribution in [0, 0.1) is 11.8 Å². The lowest BCUT2D eigenvalue weighted by Gasteiger charge is -2.36. The van der Waals surface area contributed by atoms with Crippen molar-refractivity contribution in [2.45, 2.75) is 58.5 Å². The van der Waals surface area contributed by atoms with Crippen LogP contribution in [0.25, 0.3) is 0 Å². The van der Waals surface area contributed by atoms with Crippen LogP contribution in [-0.4, -0.2) is 44.3 Å². The van der Waals surface area contributed by atoms with E-state index in [-0.39, 0.29) is 0 Å². The molecular weight excluding hydrogens is 236 g/mol. The summed E-state index contributed by atoms with van der Waals surface area (Å²) >= 11 is 0. The molecule has 19 heavy (non-hydrogen) atoms. The molecule has 1 heterocycles. The van der Waals surface area contributed by atoms with E-state index < -0.39 is 0 Å². The molecule has 3 unspecified atom stereocenters. The van der Waals surface area contributed by atoms with Crippen molar-refractivity contribution >= 4 is 0 Å². The van der Waals surface area contributed by atoms with Crippen molar-refractivity contribution in [1.82, 2.24) is 4.90 Å². The monoisotopic (exact) mass is 270 g/mol. The maximum atomic E-state index is 5.70. The smallest absolute Gasteiger partial charge is 0.0724 e. The number of likely N-dealkylation sites (tertiary alicyclic amines) is 1. The number of hydrogen-bond acceptors (Lipinski definition) is 3. The predicted molar refractivity (Wildman–Crippen MR) is 82.3 cm³/mol. The molecule has 0 radical (unpaired) electrons. The Morgan fingerprint density at radius 2 is 2.11 bits per heavy atom. The summed E-state index contributed by atoms with van der Waals surface area (Å²) in [6.07, 6.45) is 8.20. The van der Waals surface area contributed by atoms with Gasteiger partial charge in [-0.2, -0.15) is 0 Å². The van der Waals surface area contributed by atoms with Crippen LogP contribution in [0.2, 0.25) is 0 Å². The molecule has 0 amide bonds. The molecule has 2 N–H and O–H groups in total. The minimum absolute atomic E-state index is 0.434. The normalized spacial score (nSPS) is 26.5. The Hall–Kier alpha value is -0.120. The zero-order valence-electron chi connectivity index (χ0n) is 13.2. The number of methoxy groups -OCH3 is 1. The lowest BCUT2D eigenvalue weighted by Crippen LogP contribution is -2.44. The SMILES string of the molecule is CCCC(CCN)CCCN1CCC(C)C(OC)C1. The highest BCUT2D eigenvalue weighted by atomic mass is 16.5. The van der Waals surface area contributed by atoms with Gasteiger partial charge in [-0.25, -0.2) is 0 Å². The number of nitrogens with zero attached hydrogens (tertiary/aromatic N) is 1. The first kappa shape index (κ1) is 16.9. The molecule has 0 spiro atoms. The van der Waals surface area contributed by atoms with Crippen LogP contribution in [0.15, 0.2) is 0 Å². The van der Waals surface area contributed by atoms with Gasteiger partial charge < -0.3 is 15.4 Å². The molecule has 0 aliphatic carbocycles. The van der Waals surface area contributed by atoms with Crippen LogP contribution < -0.4 is 5.73 Å². The van der Waals surface area contributed by atoms with Gasteiger partial charge in [-0.05, 0) is 57.2 Å². The molecule has 1 aliphatic heterocycles. The second-order valence-electron chi connectivity index (χ2n) is 6.22. The fraction of sp³-hybridized carbons (Fsp3) is 1.00. The lowest BCUT2D eigenvalue weighted by atomic mass is 9.93. The fourth-order valence-corrected chi connectivity index (χ4v) is 3.29. The summed E-state index contributed by atoms with van der Waals surface area (Å²) in [5.74, 6) is 1.56. The van der Waals surface area contributed by atoms with Crippen LogP contribution in [0.5, 0.6) is 0 Å². The first-order chi connectivity index (χ1) is 9.21. The van der Waals surface area contributed by atoms with Crippen LogP contribution in [0.4, 0.5) is 0 Å². The fourth-order valence-electron chi connectivity index (χ4n) is 3.29. The topological polar surface area (TPSA) is 38.5 Å². The van der Waals surface area contributed by atoms with Crippen molar-refractivity contribution in [3.05, 3.63) is 0 Å². The molecule has 1 fully saturated rings. The van der Waals surface area contributed by atoms with Crippen molar-refractivity contribution in [2.24, 2.45) is 17.6 Å². The summed E-state index contributed by atoms with van der Waals surface area (Å²) in [6.45, 7) is 9.03. The Bertz CT molecular complexity index is 217. The van der Waals surface area contributed by atoms with Crippen molar-refractivity contribution in [3.8, 4) is 0 Å². The number of nitrogens with two attached hydrogens (primary N) is 1. The second kappa shape index (κ2) is 9.73. The van der Waals surface area contributed by atoms with Gasteiger partial charge in [0.2, 0.25) is 0 Å². The van der Waals surface area contributed by atoms with Gasteiger partial charge in [0.25, 0.3) is 0 Å². The number of piperidine rings is 1. The largest absolute Gasteiger partial charge is 0.380 e. The number of hydrogen-bond donors (Lipinski definition) is 1. The van der Waals surface area contributed by atoms with E-state index in [1.54, 1.807) is 0 Å². The number of rotatable bonds is 9. The van der Waals surface area contributed by atoms with Crippen molar-refractivity contribution in [3.63, 3.8) is 0 Å². The van der Waals surface area contributed by atoms with E-state index in [0.717, 1.165) is 19.0 Å². The third kappa shape index (κ3) is 6.24. The molecule has 0 aromatic heterocycles. The van der Waals surface area contributed by atoms with Gasteiger partial charge in [0.05, 0.1) is 6.10 Å². The molecular formula is C16H34N2O. The van der Waals surface area contributed by atoms with Crippen LogP contribution >= 0.6 is 0 Å². The Kier molecular flexibility index (Phi) is 8.67. The van der Waals surface area contributed by atoms with Crippen molar-refractivity contribution < 1.29 is 4.74 Å². The van der Waals surface area contributed by atoms with Gasteiger partial charge in [0.15, 0.2) is 0 Å². The van der Waals surface area contributed by atoms with Gasteiger partial charge in [-0.15, -0.1) is 0 Å². The van der Waals surface area contributed by atoms with E-state index in [9.17, 15) is 0 Å². The highest BCUT2D eigenvalue weighted by Gasteiger charge is 2.25. The summed E-state index contributed by atoms with van der Waals surface area (Å²) in [7, 11) is 1.85. The minimum Gasteiger partial charge on any atom is -0.380 e. The quantitative estimate of drug-likeness (QED) is 0.700. The molecule has 0 saturated carbocycles. The zero-order chi connectivity index (χ0) is 14.1. The maximum Gasteiger partial charge on any atom is 0.0724 e. The third-order valence-electron chi connectivity index (χ3n) is 4.63. The van der Waals surface area contributed by atoms with E-state index in [0.29, 0.717) is 12.0 Å². The standard InChI is InChI=1S/C16H34N2O/c1-4-6-15(8-10-17)7-5-11-18-12-9-14(2)16(13-18)19-3/h14-16H,4-13,17H2,1-3H3. The molecule has 1 saturated heterocycles. The minimum atomic E-state index is 0.434. The van der Waals surface area contributed by atoms with E-state index >= 15 is 0 Å². The Morgan fingerprint density at radius 3 is 2.74 bits per heavy atom. The van der Waals surface area contributed by atoms with Gasteiger partial charge in [-0.3, -0.25) is 0 Å². The summed E-state index contributed by atoms with van der Waals surface area (Å²) in [4.78, 5) is 2.58. The molecule has 114 valence electrons. The summed E-state index contributed by atoms with van der Waals surface area (Å²) < 4.78 is 5.58. The average Bonchev–Trinajstić information content (AvgIpc) is 2.41. The Morgan fingerprint density at radius 1 is 1.32 bits per heavy atom. The third-order valence-corrected chi connectivity index (χ3v) is 4.63. The first-order valence-corrected chi connectivity index (χ1v) is 8.16. The predicted octanol–water partition coefficient (Wildman–Crippen LogP) is 2.89. The van der Waals surface area contributed by atoms with Crippen molar-refractivity contribution in [2.75, 3.05) is 33.3 Å². The molecule has 3 heteroatoms. The van der Waals surface area contributed by atoms with Gasteiger partial charge >= 0.3 is 0 Å². The van der Waals surface area contributed by atoms with Crippen LogP contribution in [0.3, 0.4) is 0 Å². The molecule has 1 aliphatic rings. The summed E-state index contributed by atoms with van der Waals surface area (Å²) in [6, 6.07) is 0. The van der Waals surface area contributed by atoms with Crippen LogP contribution in [-0.2, 0) is 4.74 Å². The molecule has 0 aromatic carbocycles. The highest BCUT2D eigenvalue weighted by Crippen LogP contribution is 2.21. The summed E-state index contributed by atoms with van der Waals surface area (Å²) in [5.41, 5.74) is 5.70. The Balaban J connectivity index is 2.20. The molecule has 3 atom stereocenters. The average molecular weight is 270 g/mol. The van der Waals surface area contributed by atoms with E-state index in [1.165, 1.54) is 51.6 Å². The second-order valence-corrected chi connectivity index (χ2v) is 6.22. The molecule has 0 bridgehead atoms. The maximum absolute atomic E-state index is 5.70. The van der Waals surface area contributed by atoms with Crippen molar-refractivity contribution in [1.29, 1.82) is 0 Å².